The van der Waals surface area contributed by atoms with E-state index in [1.165, 1.54) is 11.0 Å². The lowest BCUT2D eigenvalue weighted by Gasteiger charge is -2.28. The summed E-state index contributed by atoms with van der Waals surface area (Å²) in [4.78, 5) is 132. The number of ether oxygens (including phenoxy) is 4. The topological polar surface area (TPSA) is 238 Å². The standard InChI is InChI=1S/C28H23NO8.C25H15NO4.C25H15NO3/c1-3-23(30)36-16-14-34-21-12-10-19-25-20(28(33)29(27(19)32)18-8-6-5-7-9-18)11-13-22(26(21)25)35-15-17-37-24(31)4-2;27-21-12-5-4-9-18(21)23(28)17-13-14-20-22-16(17)10-6-11-19(22)24(29)26(25(20)30)15-7-2-1-3-8-15;27-23(16-8-3-1-4-9-16)19-14-15-21-22-18(19)12-7-13-20(22)24(28)26(25(21)29)17-10-5-2-6-11-17/h3-13H,1-2,14-17H2;1-14,27H;1-15H. The van der Waals surface area contributed by atoms with Gasteiger partial charge in [-0.1, -0.05) is 134 Å². The number of aromatic hydroxyl groups is 1. The van der Waals surface area contributed by atoms with E-state index < -0.39 is 35.6 Å². The zero-order chi connectivity index (χ0) is 67.1. The Bertz CT molecular complexity index is 4930. The number of phenolic OH excluding ortho intramolecular Hbond substituents is 1. The van der Waals surface area contributed by atoms with Crippen LogP contribution in [0.25, 0.3) is 32.3 Å². The number of carbonyl (C=O) groups is 10. The summed E-state index contributed by atoms with van der Waals surface area (Å²) in [5.41, 5.74) is 5.14. The molecule has 0 aromatic heterocycles. The van der Waals surface area contributed by atoms with Crippen LogP contribution in [-0.4, -0.2) is 90.5 Å². The summed E-state index contributed by atoms with van der Waals surface area (Å²) in [5, 5.41) is 13.0. The zero-order valence-corrected chi connectivity index (χ0v) is 50.8. The second kappa shape index (κ2) is 27.3. The number of carbonyl (C=O) groups excluding carboxylic acids is 10. The first kappa shape index (κ1) is 63.0. The average Bonchev–Trinajstić information content (AvgIpc) is 0.745. The van der Waals surface area contributed by atoms with Gasteiger partial charge in [0.05, 0.1) is 28.0 Å². The highest BCUT2D eigenvalue weighted by Gasteiger charge is 2.39. The van der Waals surface area contributed by atoms with Crippen molar-refractivity contribution in [1.29, 1.82) is 0 Å². The van der Waals surface area contributed by atoms with E-state index >= 15 is 0 Å². The van der Waals surface area contributed by atoms with E-state index in [1.807, 2.05) is 30.3 Å². The van der Waals surface area contributed by atoms with E-state index in [2.05, 4.69) is 13.2 Å². The third kappa shape index (κ3) is 11.9. The summed E-state index contributed by atoms with van der Waals surface area (Å²) < 4.78 is 21.6. The molecule has 0 bridgehead atoms. The van der Waals surface area contributed by atoms with E-state index in [1.54, 1.807) is 194 Å². The minimum atomic E-state index is -0.587. The molecular formula is C78H53N3O15. The molecule has 6 amide bonds. The molecule has 0 spiro atoms. The van der Waals surface area contributed by atoms with Crippen LogP contribution in [0.3, 0.4) is 0 Å². The van der Waals surface area contributed by atoms with Crippen molar-refractivity contribution in [3.05, 3.63) is 311 Å². The maximum atomic E-state index is 13.5. The molecule has 0 unspecified atom stereocenters. The SMILES string of the molecule is C=CC(=O)OCCOc1ccc2c3c(ccc(OCCOC(=O)C=C)c13)C(=O)N(c1ccccc1)C2=O.O=C(c1ccccc1)c1ccc2c3c(cccc13)C(=O)N(c1ccccc1)C2=O.O=C(c1ccccc1O)c1ccc2c3c(cccc13)C(=O)N(c1ccccc1)C2=O. The van der Waals surface area contributed by atoms with Gasteiger partial charge in [-0.05, 0) is 120 Å². The van der Waals surface area contributed by atoms with Crippen LogP contribution < -0.4 is 24.2 Å². The van der Waals surface area contributed by atoms with Gasteiger partial charge in [0.15, 0.2) is 11.6 Å². The van der Waals surface area contributed by atoms with Gasteiger partial charge in [-0.2, -0.15) is 0 Å². The number of ketones is 2. The molecule has 3 aliphatic heterocycles. The van der Waals surface area contributed by atoms with Crippen LogP contribution in [0.5, 0.6) is 17.2 Å². The van der Waals surface area contributed by atoms with Gasteiger partial charge >= 0.3 is 11.9 Å². The van der Waals surface area contributed by atoms with Crippen molar-refractivity contribution < 1.29 is 72.0 Å². The monoisotopic (exact) mass is 1270 g/mol. The highest BCUT2D eigenvalue weighted by Crippen LogP contribution is 2.43. The van der Waals surface area contributed by atoms with Gasteiger partial charge in [0, 0.05) is 78.4 Å². The molecule has 0 fully saturated rings. The van der Waals surface area contributed by atoms with E-state index in [0.29, 0.717) is 111 Å². The number of imide groups is 3. The van der Waals surface area contributed by atoms with E-state index in [0.717, 1.165) is 22.0 Å². The number of esters is 2. The van der Waals surface area contributed by atoms with Crippen molar-refractivity contribution in [2.24, 2.45) is 0 Å². The average molecular weight is 1270 g/mol. The molecule has 1 N–H and O–H groups in total. The van der Waals surface area contributed by atoms with Crippen LogP contribution in [0.15, 0.2) is 256 Å². The lowest BCUT2D eigenvalue weighted by Crippen LogP contribution is -2.40. The Labute approximate surface area is 547 Å². The molecule has 18 nitrogen and oxygen atoms in total. The number of anilines is 3. The highest BCUT2D eigenvalue weighted by molar-refractivity contribution is 6.39. The van der Waals surface area contributed by atoms with Crippen molar-refractivity contribution in [2.45, 2.75) is 0 Å². The third-order valence-electron chi connectivity index (χ3n) is 16.0. The first-order valence-corrected chi connectivity index (χ1v) is 30.0. The summed E-state index contributed by atoms with van der Waals surface area (Å²) in [5.74, 6) is -3.78. The Morgan fingerprint density at radius 2 is 0.677 bits per heavy atom. The molecule has 18 heteroatoms. The van der Waals surface area contributed by atoms with Gasteiger partial charge in [-0.25, -0.2) is 24.3 Å². The minimum Gasteiger partial charge on any atom is -0.507 e. The molecule has 3 heterocycles. The fraction of sp³-hybridized carbons (Fsp3) is 0.0513. The van der Waals surface area contributed by atoms with Crippen LogP contribution in [0.1, 0.15) is 94.0 Å². The quantitative estimate of drug-likeness (QED) is 0.0293. The second-order valence-corrected chi connectivity index (χ2v) is 21.6. The summed E-state index contributed by atoms with van der Waals surface area (Å²) in [6.45, 7) is 6.62. The number of rotatable bonds is 17. The first-order valence-electron chi connectivity index (χ1n) is 30.0. The smallest absolute Gasteiger partial charge is 0.330 e. The Hall–Kier alpha value is -13.2. The van der Waals surface area contributed by atoms with Gasteiger partial charge < -0.3 is 24.1 Å². The minimum absolute atomic E-state index is 0.00662. The molecule has 3 aliphatic rings. The lowest BCUT2D eigenvalue weighted by molar-refractivity contribution is -0.139. The Morgan fingerprint density at radius 1 is 0.333 bits per heavy atom. The predicted molar refractivity (Wildman–Crippen MR) is 359 cm³/mol. The Balaban J connectivity index is 0.000000139. The normalized spacial score (nSPS) is 12.7. The zero-order valence-electron chi connectivity index (χ0n) is 50.8. The molecule has 0 aliphatic carbocycles. The number of hydrogen-bond donors (Lipinski definition) is 1. The molecular weight excluding hydrogens is 1220 g/mol. The number of amides is 6. The van der Waals surface area contributed by atoms with Crippen LogP contribution in [0, 0.1) is 0 Å². The maximum Gasteiger partial charge on any atom is 0.330 e. The molecule has 0 atom stereocenters. The number of phenols is 1. The maximum absolute atomic E-state index is 13.5. The highest BCUT2D eigenvalue weighted by atomic mass is 16.6. The molecule has 96 heavy (non-hydrogen) atoms. The van der Waals surface area contributed by atoms with Gasteiger partial charge in [0.25, 0.3) is 35.4 Å². The number of para-hydroxylation sites is 4. The Morgan fingerprint density at radius 3 is 1.07 bits per heavy atom. The van der Waals surface area contributed by atoms with Crippen LogP contribution >= 0.6 is 0 Å². The molecule has 14 rings (SSSR count). The second-order valence-electron chi connectivity index (χ2n) is 21.6. The van der Waals surface area contributed by atoms with Gasteiger partial charge in [-0.15, -0.1) is 0 Å². The van der Waals surface area contributed by atoms with Crippen molar-refractivity contribution >= 4 is 108 Å². The van der Waals surface area contributed by atoms with E-state index in [-0.39, 0.29) is 61.1 Å². The fourth-order valence-corrected chi connectivity index (χ4v) is 11.6. The summed E-state index contributed by atoms with van der Waals surface area (Å²) in [7, 11) is 0. The molecule has 0 saturated carbocycles. The van der Waals surface area contributed by atoms with Crippen molar-refractivity contribution in [2.75, 3.05) is 41.1 Å². The largest absolute Gasteiger partial charge is 0.507 e. The van der Waals surface area contributed by atoms with Gasteiger partial charge in [-0.3, -0.25) is 38.4 Å². The first-order chi connectivity index (χ1) is 46.7. The van der Waals surface area contributed by atoms with Crippen LogP contribution in [0.4, 0.5) is 17.1 Å². The molecule has 0 radical (unpaired) electrons. The molecule has 11 aromatic rings. The molecule has 0 saturated heterocycles. The number of hydrogen-bond acceptors (Lipinski definition) is 15. The van der Waals surface area contributed by atoms with E-state index in [4.69, 9.17) is 18.9 Å². The van der Waals surface area contributed by atoms with Crippen LogP contribution in [0.2, 0.25) is 0 Å². The number of benzene rings is 11. The van der Waals surface area contributed by atoms with Crippen molar-refractivity contribution in [3.63, 3.8) is 0 Å². The lowest BCUT2D eigenvalue weighted by atomic mass is 9.88. The van der Waals surface area contributed by atoms with Crippen molar-refractivity contribution in [1.82, 2.24) is 0 Å². The van der Waals surface area contributed by atoms with Crippen LogP contribution in [-0.2, 0) is 19.1 Å². The number of nitrogens with zero attached hydrogens (tertiary/aromatic N) is 3. The Kier molecular flexibility index (Phi) is 17.9. The summed E-state index contributed by atoms with van der Waals surface area (Å²) >= 11 is 0. The summed E-state index contributed by atoms with van der Waals surface area (Å²) in [6.07, 6.45) is 2.09. The fourth-order valence-electron chi connectivity index (χ4n) is 11.6. The predicted octanol–water partition coefficient (Wildman–Crippen LogP) is 13.3. The molecule has 11 aromatic carbocycles. The summed E-state index contributed by atoms with van der Waals surface area (Å²) in [6, 6.07) is 64.7. The van der Waals surface area contributed by atoms with Gasteiger partial charge in [0.1, 0.15) is 43.7 Å². The third-order valence-corrected chi connectivity index (χ3v) is 16.0. The van der Waals surface area contributed by atoms with Gasteiger partial charge in [0.2, 0.25) is 0 Å². The van der Waals surface area contributed by atoms with E-state index in [9.17, 15) is 53.1 Å². The van der Waals surface area contributed by atoms with Crippen molar-refractivity contribution in [3.8, 4) is 17.2 Å². The molecule has 470 valence electrons.